The SMILES string of the molecule is NCc1cc(Sc2ccccc2)ccn1. The fourth-order valence-electron chi connectivity index (χ4n) is 1.26. The predicted octanol–water partition coefficient (Wildman–Crippen LogP) is 2.69. The molecule has 0 bridgehead atoms. The fourth-order valence-corrected chi connectivity index (χ4v) is 2.15. The Morgan fingerprint density at radius 1 is 1.07 bits per heavy atom. The van der Waals surface area contributed by atoms with Crippen molar-refractivity contribution in [2.45, 2.75) is 16.3 Å². The molecule has 0 atom stereocenters. The quantitative estimate of drug-likeness (QED) is 0.857. The summed E-state index contributed by atoms with van der Waals surface area (Å²) in [5.74, 6) is 0. The lowest BCUT2D eigenvalue weighted by molar-refractivity contribution is 0.976. The van der Waals surface area contributed by atoms with Gasteiger partial charge in [0.15, 0.2) is 0 Å². The highest BCUT2D eigenvalue weighted by molar-refractivity contribution is 7.99. The first-order chi connectivity index (χ1) is 7.38. The first kappa shape index (κ1) is 10.2. The van der Waals surface area contributed by atoms with E-state index in [9.17, 15) is 0 Å². The molecule has 76 valence electrons. The maximum Gasteiger partial charge on any atom is 0.0550 e. The van der Waals surface area contributed by atoms with Gasteiger partial charge in [-0.2, -0.15) is 0 Å². The van der Waals surface area contributed by atoms with E-state index >= 15 is 0 Å². The van der Waals surface area contributed by atoms with Gasteiger partial charge >= 0.3 is 0 Å². The Hall–Kier alpha value is -1.32. The summed E-state index contributed by atoms with van der Waals surface area (Å²) in [6.07, 6.45) is 1.80. The van der Waals surface area contributed by atoms with E-state index in [-0.39, 0.29) is 0 Å². The Bertz CT molecular complexity index is 429. The molecule has 0 radical (unpaired) electrons. The molecule has 0 spiro atoms. The van der Waals surface area contributed by atoms with E-state index in [0.29, 0.717) is 6.54 Å². The van der Waals surface area contributed by atoms with Crippen molar-refractivity contribution in [1.29, 1.82) is 0 Å². The summed E-state index contributed by atoms with van der Waals surface area (Å²) in [5.41, 5.74) is 6.47. The van der Waals surface area contributed by atoms with Gasteiger partial charge in [0.25, 0.3) is 0 Å². The van der Waals surface area contributed by atoms with Crippen LogP contribution in [0.4, 0.5) is 0 Å². The fraction of sp³-hybridized carbons (Fsp3) is 0.0833. The molecular formula is C12H12N2S. The minimum absolute atomic E-state index is 0.489. The van der Waals surface area contributed by atoms with Crippen molar-refractivity contribution in [2.75, 3.05) is 0 Å². The lowest BCUT2D eigenvalue weighted by Crippen LogP contribution is -1.98. The molecule has 0 saturated carbocycles. The minimum Gasteiger partial charge on any atom is -0.325 e. The smallest absolute Gasteiger partial charge is 0.0550 e. The van der Waals surface area contributed by atoms with Crippen molar-refractivity contribution in [2.24, 2.45) is 5.73 Å². The van der Waals surface area contributed by atoms with Crippen LogP contribution in [0.2, 0.25) is 0 Å². The van der Waals surface area contributed by atoms with E-state index in [4.69, 9.17) is 5.73 Å². The second-order valence-electron chi connectivity index (χ2n) is 3.10. The van der Waals surface area contributed by atoms with Crippen LogP contribution in [0.3, 0.4) is 0 Å². The van der Waals surface area contributed by atoms with Gasteiger partial charge < -0.3 is 5.73 Å². The van der Waals surface area contributed by atoms with Crippen molar-refractivity contribution in [1.82, 2.24) is 4.98 Å². The zero-order valence-corrected chi connectivity index (χ0v) is 9.08. The van der Waals surface area contributed by atoms with Crippen LogP contribution in [0, 0.1) is 0 Å². The van der Waals surface area contributed by atoms with Crippen molar-refractivity contribution >= 4 is 11.8 Å². The first-order valence-electron chi connectivity index (χ1n) is 4.76. The summed E-state index contributed by atoms with van der Waals surface area (Å²) in [5, 5.41) is 0. The van der Waals surface area contributed by atoms with Crippen molar-refractivity contribution < 1.29 is 0 Å². The highest BCUT2D eigenvalue weighted by Gasteiger charge is 1.98. The topological polar surface area (TPSA) is 38.9 Å². The predicted molar refractivity (Wildman–Crippen MR) is 62.7 cm³/mol. The third-order valence-electron chi connectivity index (χ3n) is 1.98. The van der Waals surface area contributed by atoms with Gasteiger partial charge in [-0.3, -0.25) is 4.98 Å². The minimum atomic E-state index is 0.489. The molecule has 1 aromatic heterocycles. The number of pyridine rings is 1. The number of hydrogen-bond acceptors (Lipinski definition) is 3. The molecule has 3 heteroatoms. The van der Waals surface area contributed by atoms with E-state index in [1.165, 1.54) is 9.79 Å². The lowest BCUT2D eigenvalue weighted by atomic mass is 10.3. The molecule has 0 saturated heterocycles. The van der Waals surface area contributed by atoms with E-state index in [1.54, 1.807) is 18.0 Å². The number of nitrogens with zero attached hydrogens (tertiary/aromatic N) is 1. The van der Waals surface area contributed by atoms with Crippen LogP contribution in [0.5, 0.6) is 0 Å². The molecule has 0 aliphatic rings. The zero-order chi connectivity index (χ0) is 10.5. The van der Waals surface area contributed by atoms with E-state index in [0.717, 1.165) is 5.69 Å². The van der Waals surface area contributed by atoms with Gasteiger partial charge in [0.05, 0.1) is 5.69 Å². The molecule has 2 rings (SSSR count). The third kappa shape index (κ3) is 2.81. The normalized spacial score (nSPS) is 10.2. The van der Waals surface area contributed by atoms with E-state index in [2.05, 4.69) is 17.1 Å². The molecule has 0 amide bonds. The first-order valence-corrected chi connectivity index (χ1v) is 5.58. The molecule has 0 fully saturated rings. The van der Waals surface area contributed by atoms with Gasteiger partial charge in [0.2, 0.25) is 0 Å². The number of benzene rings is 1. The Kier molecular flexibility index (Phi) is 3.37. The van der Waals surface area contributed by atoms with Gasteiger partial charge in [-0.05, 0) is 24.3 Å². The number of hydrogen-bond donors (Lipinski definition) is 1. The van der Waals surface area contributed by atoms with Gasteiger partial charge in [-0.25, -0.2) is 0 Å². The lowest BCUT2D eigenvalue weighted by Gasteiger charge is -2.02. The molecule has 0 aliphatic heterocycles. The Balaban J connectivity index is 2.17. The molecule has 15 heavy (non-hydrogen) atoms. The van der Waals surface area contributed by atoms with Crippen molar-refractivity contribution in [3.05, 3.63) is 54.4 Å². The van der Waals surface area contributed by atoms with Crippen molar-refractivity contribution in [3.63, 3.8) is 0 Å². The summed E-state index contributed by atoms with van der Waals surface area (Å²) >= 11 is 1.72. The molecule has 2 N–H and O–H groups in total. The average molecular weight is 216 g/mol. The number of nitrogens with two attached hydrogens (primary N) is 1. The molecule has 1 aromatic carbocycles. The van der Waals surface area contributed by atoms with E-state index < -0.39 is 0 Å². The molecule has 2 aromatic rings. The number of rotatable bonds is 3. The summed E-state index contributed by atoms with van der Waals surface area (Å²) < 4.78 is 0. The van der Waals surface area contributed by atoms with Crippen LogP contribution in [0.25, 0.3) is 0 Å². The summed E-state index contributed by atoms with van der Waals surface area (Å²) in [7, 11) is 0. The largest absolute Gasteiger partial charge is 0.325 e. The van der Waals surface area contributed by atoms with Gasteiger partial charge in [0, 0.05) is 22.5 Å². The van der Waals surface area contributed by atoms with Crippen molar-refractivity contribution in [3.8, 4) is 0 Å². The van der Waals surface area contributed by atoms with Crippen LogP contribution < -0.4 is 5.73 Å². The summed E-state index contributed by atoms with van der Waals surface area (Å²) in [4.78, 5) is 6.57. The highest BCUT2D eigenvalue weighted by Crippen LogP contribution is 2.26. The maximum absolute atomic E-state index is 5.54. The third-order valence-corrected chi connectivity index (χ3v) is 2.97. The van der Waals surface area contributed by atoms with Crippen LogP contribution in [0.15, 0.2) is 58.5 Å². The second kappa shape index (κ2) is 4.96. The average Bonchev–Trinajstić information content (AvgIpc) is 2.31. The summed E-state index contributed by atoms with van der Waals surface area (Å²) in [6.45, 7) is 0.489. The Morgan fingerprint density at radius 3 is 2.60 bits per heavy atom. The van der Waals surface area contributed by atoms with Crippen LogP contribution >= 0.6 is 11.8 Å². The van der Waals surface area contributed by atoms with Gasteiger partial charge in [-0.1, -0.05) is 30.0 Å². The number of aromatic nitrogens is 1. The molecule has 0 unspecified atom stereocenters. The van der Waals surface area contributed by atoms with Gasteiger partial charge in [-0.15, -0.1) is 0 Å². The second-order valence-corrected chi connectivity index (χ2v) is 4.25. The Morgan fingerprint density at radius 2 is 1.87 bits per heavy atom. The molecule has 2 nitrogen and oxygen atoms in total. The molecular weight excluding hydrogens is 204 g/mol. The molecule has 0 aliphatic carbocycles. The van der Waals surface area contributed by atoms with Crippen LogP contribution in [-0.4, -0.2) is 4.98 Å². The van der Waals surface area contributed by atoms with E-state index in [1.807, 2.05) is 30.3 Å². The monoisotopic (exact) mass is 216 g/mol. The maximum atomic E-state index is 5.54. The summed E-state index contributed by atoms with van der Waals surface area (Å²) in [6, 6.07) is 14.3. The van der Waals surface area contributed by atoms with Gasteiger partial charge in [0.1, 0.15) is 0 Å². The molecule has 1 heterocycles. The zero-order valence-electron chi connectivity index (χ0n) is 8.26. The highest BCUT2D eigenvalue weighted by atomic mass is 32.2. The van der Waals surface area contributed by atoms with Crippen LogP contribution in [0.1, 0.15) is 5.69 Å². The Labute approximate surface area is 93.5 Å². The standard InChI is InChI=1S/C12H12N2S/c13-9-10-8-12(6-7-14-10)15-11-4-2-1-3-5-11/h1-8H,9,13H2. The van der Waals surface area contributed by atoms with Crippen LogP contribution in [-0.2, 0) is 6.54 Å².